The molecule has 1 aromatic carbocycles. The van der Waals surface area contributed by atoms with Crippen LogP contribution in [0.3, 0.4) is 0 Å². The van der Waals surface area contributed by atoms with E-state index in [9.17, 15) is 13.2 Å². The zero-order valence-electron chi connectivity index (χ0n) is 9.61. The number of aromatic hydroxyl groups is 1. The summed E-state index contributed by atoms with van der Waals surface area (Å²) in [7, 11) is 0. The predicted octanol–water partition coefficient (Wildman–Crippen LogP) is 2.48. The van der Waals surface area contributed by atoms with Crippen molar-refractivity contribution in [3.05, 3.63) is 46.8 Å². The van der Waals surface area contributed by atoms with Crippen LogP contribution < -0.4 is 0 Å². The third-order valence-corrected chi connectivity index (χ3v) is 2.59. The molecular formula is C12H10F3NO3. The Morgan fingerprint density at radius 1 is 1.16 bits per heavy atom. The lowest BCUT2D eigenvalue weighted by atomic mass is 10.0. The van der Waals surface area contributed by atoms with Crippen LogP contribution >= 0.6 is 0 Å². The van der Waals surface area contributed by atoms with Crippen LogP contribution in [0.15, 0.2) is 28.8 Å². The minimum Gasteiger partial charge on any atom is -0.508 e. The van der Waals surface area contributed by atoms with E-state index in [0.29, 0.717) is 5.56 Å². The molecule has 0 aliphatic carbocycles. The second-order valence-electron chi connectivity index (χ2n) is 3.94. The number of aliphatic hydroxyl groups is 1. The maximum atomic E-state index is 12.7. The first-order valence-electron chi connectivity index (χ1n) is 5.35. The van der Waals surface area contributed by atoms with Gasteiger partial charge in [0.15, 0.2) is 0 Å². The van der Waals surface area contributed by atoms with Crippen LogP contribution in [0.2, 0.25) is 0 Å². The molecular weight excluding hydrogens is 263 g/mol. The Morgan fingerprint density at radius 2 is 1.79 bits per heavy atom. The molecule has 2 aromatic rings. The van der Waals surface area contributed by atoms with Gasteiger partial charge in [-0.3, -0.25) is 0 Å². The van der Waals surface area contributed by atoms with E-state index in [1.54, 1.807) is 0 Å². The Hall–Kier alpha value is -2.02. The third-order valence-electron chi connectivity index (χ3n) is 2.59. The van der Waals surface area contributed by atoms with Crippen LogP contribution in [0.25, 0.3) is 0 Å². The average molecular weight is 273 g/mol. The molecule has 0 bridgehead atoms. The molecule has 0 amide bonds. The first-order chi connectivity index (χ1) is 8.91. The van der Waals surface area contributed by atoms with Crippen LogP contribution in [-0.2, 0) is 19.2 Å². The summed E-state index contributed by atoms with van der Waals surface area (Å²) in [4.78, 5) is 0. The van der Waals surface area contributed by atoms with Gasteiger partial charge in [0, 0.05) is 12.0 Å². The fourth-order valence-corrected chi connectivity index (χ4v) is 1.69. The number of phenols is 1. The Morgan fingerprint density at radius 3 is 2.32 bits per heavy atom. The zero-order valence-corrected chi connectivity index (χ0v) is 9.61. The smallest absolute Gasteiger partial charge is 0.452 e. The number of alkyl halides is 3. The van der Waals surface area contributed by atoms with Gasteiger partial charge in [-0.05, 0) is 17.7 Å². The highest BCUT2D eigenvalue weighted by Crippen LogP contribution is 2.34. The summed E-state index contributed by atoms with van der Waals surface area (Å²) in [6, 6.07) is 5.72. The van der Waals surface area contributed by atoms with Crippen LogP contribution in [0, 0.1) is 0 Å². The molecule has 0 fully saturated rings. The van der Waals surface area contributed by atoms with E-state index in [1.807, 2.05) is 0 Å². The van der Waals surface area contributed by atoms with Gasteiger partial charge in [-0.25, -0.2) is 0 Å². The molecule has 0 spiro atoms. The van der Waals surface area contributed by atoms with Crippen LogP contribution in [0.5, 0.6) is 5.75 Å². The fourth-order valence-electron chi connectivity index (χ4n) is 1.69. The van der Waals surface area contributed by atoms with E-state index >= 15 is 0 Å². The van der Waals surface area contributed by atoms with Gasteiger partial charge >= 0.3 is 6.18 Å². The fraction of sp³-hybridized carbons (Fsp3) is 0.250. The van der Waals surface area contributed by atoms with Crippen molar-refractivity contribution in [3.8, 4) is 5.75 Å². The Labute approximate surface area is 106 Å². The molecule has 102 valence electrons. The van der Waals surface area contributed by atoms with Crippen LogP contribution in [0.4, 0.5) is 13.2 Å². The van der Waals surface area contributed by atoms with Gasteiger partial charge in [0.05, 0.1) is 6.61 Å². The number of rotatable bonds is 3. The summed E-state index contributed by atoms with van der Waals surface area (Å²) in [6.45, 7) is -0.632. The molecule has 0 aliphatic rings. The summed E-state index contributed by atoms with van der Waals surface area (Å²) in [6.07, 6.45) is -4.75. The van der Waals surface area contributed by atoms with E-state index in [4.69, 9.17) is 10.2 Å². The number of aliphatic hydroxyl groups excluding tert-OH is 1. The summed E-state index contributed by atoms with van der Waals surface area (Å²) in [5, 5.41) is 21.3. The zero-order chi connectivity index (χ0) is 14.0. The van der Waals surface area contributed by atoms with Crippen molar-refractivity contribution < 1.29 is 27.9 Å². The largest absolute Gasteiger partial charge is 0.508 e. The van der Waals surface area contributed by atoms with Gasteiger partial charge < -0.3 is 14.7 Å². The van der Waals surface area contributed by atoms with E-state index < -0.39 is 18.5 Å². The Kier molecular flexibility index (Phi) is 3.48. The Bertz CT molecular complexity index is 561. The van der Waals surface area contributed by atoms with Gasteiger partial charge in [-0.2, -0.15) is 13.2 Å². The lowest BCUT2D eigenvalue weighted by Crippen LogP contribution is -2.08. The molecule has 0 unspecified atom stereocenters. The number of phenolic OH excluding ortho intramolecular Hbond substituents is 1. The highest BCUT2D eigenvalue weighted by molar-refractivity contribution is 5.34. The van der Waals surface area contributed by atoms with Crippen molar-refractivity contribution >= 4 is 0 Å². The number of benzene rings is 1. The predicted molar refractivity (Wildman–Crippen MR) is 58.3 cm³/mol. The maximum absolute atomic E-state index is 12.7. The lowest BCUT2D eigenvalue weighted by molar-refractivity contribution is -0.156. The Balaban J connectivity index is 2.37. The highest BCUT2D eigenvalue weighted by Gasteiger charge is 2.40. The van der Waals surface area contributed by atoms with Crippen molar-refractivity contribution in [2.45, 2.75) is 19.2 Å². The number of hydrogen-bond donors (Lipinski definition) is 2. The quantitative estimate of drug-likeness (QED) is 0.901. The summed E-state index contributed by atoms with van der Waals surface area (Å²) >= 11 is 0. The molecule has 0 saturated carbocycles. The minimum absolute atomic E-state index is 0.0208. The normalized spacial score (nSPS) is 11.8. The van der Waals surface area contributed by atoms with Gasteiger partial charge in [-0.15, -0.1) is 0 Å². The van der Waals surface area contributed by atoms with Crippen molar-refractivity contribution in [1.29, 1.82) is 0 Å². The summed E-state index contributed by atoms with van der Waals surface area (Å²) < 4.78 is 42.4. The van der Waals surface area contributed by atoms with Gasteiger partial charge in [0.1, 0.15) is 11.4 Å². The third kappa shape index (κ3) is 2.87. The number of nitrogens with zero attached hydrogens (tertiary/aromatic N) is 1. The standard InChI is InChI=1S/C12H10F3NO3/c13-12(14,15)11-9(10(6-17)16-19-11)5-7-1-3-8(18)4-2-7/h1-4,17-18H,5-6H2. The molecule has 2 N–H and O–H groups in total. The molecule has 1 aromatic heterocycles. The maximum Gasteiger partial charge on any atom is 0.452 e. The summed E-state index contributed by atoms with van der Waals surface area (Å²) in [5.41, 5.74) is 0.210. The van der Waals surface area contributed by atoms with E-state index in [0.717, 1.165) is 0 Å². The number of halogens is 3. The number of aromatic nitrogens is 1. The van der Waals surface area contributed by atoms with Crippen LogP contribution in [-0.4, -0.2) is 15.4 Å². The average Bonchev–Trinajstić information content (AvgIpc) is 2.74. The second-order valence-corrected chi connectivity index (χ2v) is 3.94. The van der Waals surface area contributed by atoms with Gasteiger partial charge in [0.2, 0.25) is 5.76 Å². The molecule has 4 nitrogen and oxygen atoms in total. The summed E-state index contributed by atoms with van der Waals surface area (Å²) in [5.74, 6) is -1.18. The van der Waals surface area contributed by atoms with E-state index in [-0.39, 0.29) is 23.4 Å². The second kappa shape index (κ2) is 4.93. The SMILES string of the molecule is OCc1noc(C(F)(F)F)c1Cc1ccc(O)cc1. The molecule has 2 rings (SSSR count). The monoisotopic (exact) mass is 273 g/mol. The lowest BCUT2D eigenvalue weighted by Gasteiger charge is -2.06. The van der Waals surface area contributed by atoms with Crippen molar-refractivity contribution in [2.24, 2.45) is 0 Å². The topological polar surface area (TPSA) is 66.5 Å². The molecule has 7 heteroatoms. The molecule has 0 aliphatic heterocycles. The van der Waals surface area contributed by atoms with E-state index in [2.05, 4.69) is 9.68 Å². The van der Waals surface area contributed by atoms with Gasteiger partial charge in [0.25, 0.3) is 0 Å². The molecule has 19 heavy (non-hydrogen) atoms. The molecule has 0 saturated heterocycles. The number of hydrogen-bond acceptors (Lipinski definition) is 4. The van der Waals surface area contributed by atoms with Crippen molar-refractivity contribution in [1.82, 2.24) is 5.16 Å². The van der Waals surface area contributed by atoms with Gasteiger partial charge in [-0.1, -0.05) is 17.3 Å². The van der Waals surface area contributed by atoms with Crippen molar-refractivity contribution in [3.63, 3.8) is 0 Å². The van der Waals surface area contributed by atoms with E-state index in [1.165, 1.54) is 24.3 Å². The highest BCUT2D eigenvalue weighted by atomic mass is 19.4. The molecule has 0 radical (unpaired) electrons. The van der Waals surface area contributed by atoms with Crippen LogP contribution in [0.1, 0.15) is 22.6 Å². The van der Waals surface area contributed by atoms with Crippen molar-refractivity contribution in [2.75, 3.05) is 0 Å². The first-order valence-corrected chi connectivity index (χ1v) is 5.35. The first kappa shape index (κ1) is 13.4. The molecule has 1 heterocycles. The molecule has 0 atom stereocenters. The minimum atomic E-state index is -4.66.